The van der Waals surface area contributed by atoms with E-state index >= 15 is 0 Å². The molecule has 0 saturated carbocycles. The minimum atomic E-state index is -0.364. The van der Waals surface area contributed by atoms with Gasteiger partial charge in [0, 0.05) is 48.4 Å². The number of halogens is 1. The Morgan fingerprint density at radius 3 is 2.79 bits per heavy atom. The summed E-state index contributed by atoms with van der Waals surface area (Å²) in [7, 11) is 0. The number of likely N-dealkylation sites (tertiary alicyclic amines) is 1. The molecule has 9 nitrogen and oxygen atoms in total. The molecule has 0 unspecified atom stereocenters. The summed E-state index contributed by atoms with van der Waals surface area (Å²) in [5.41, 5.74) is 4.09. The summed E-state index contributed by atoms with van der Waals surface area (Å²) < 4.78 is 21.9. The number of aromatic nitrogens is 4. The monoisotopic (exact) mass is 515 g/mol. The first kappa shape index (κ1) is 24.4. The number of nitrogens with one attached hydrogen (secondary N) is 2. The van der Waals surface area contributed by atoms with Gasteiger partial charge in [0.1, 0.15) is 17.2 Å². The van der Waals surface area contributed by atoms with Crippen LogP contribution < -0.4 is 10.6 Å². The van der Waals surface area contributed by atoms with Crippen molar-refractivity contribution in [2.45, 2.75) is 33.0 Å². The van der Waals surface area contributed by atoms with Gasteiger partial charge in [-0.05, 0) is 43.7 Å². The zero-order valence-electron chi connectivity index (χ0n) is 21.4. The first-order valence-corrected chi connectivity index (χ1v) is 12.9. The molecule has 2 fully saturated rings. The van der Waals surface area contributed by atoms with Crippen molar-refractivity contribution in [3.05, 3.63) is 77.4 Å². The van der Waals surface area contributed by atoms with Crippen LogP contribution in [-0.2, 0) is 17.8 Å². The maximum atomic E-state index is 14.8. The second-order valence-electron chi connectivity index (χ2n) is 10.3. The van der Waals surface area contributed by atoms with Crippen molar-refractivity contribution in [1.82, 2.24) is 24.6 Å². The van der Waals surface area contributed by atoms with Gasteiger partial charge in [-0.2, -0.15) is 5.10 Å². The third kappa shape index (κ3) is 4.84. The summed E-state index contributed by atoms with van der Waals surface area (Å²) in [6.45, 7) is 8.78. The van der Waals surface area contributed by atoms with Crippen molar-refractivity contribution >= 4 is 28.6 Å². The van der Waals surface area contributed by atoms with Gasteiger partial charge in [0.25, 0.3) is 5.91 Å². The lowest BCUT2D eigenvalue weighted by Gasteiger charge is -2.55. The number of anilines is 2. The summed E-state index contributed by atoms with van der Waals surface area (Å²) in [5.74, 6) is -0.104. The standard InChI is InChI=1S/C28H30FN7O2/c1-3-36-13-24-26(34-36)33-25(11-30-24)31-18(2)19-5-4-6-22(9-19)32-27(37)20-7-8-21(23(29)10-20)12-35-14-28(15-35)16-38-17-28/h4-11,13,18H,3,12,14-17H2,1-2H3,(H,32,37)(H,31,33,34)/t18-/m0/s1. The lowest BCUT2D eigenvalue weighted by atomic mass is 9.78. The van der Waals surface area contributed by atoms with Crippen LogP contribution in [0.15, 0.2) is 54.9 Å². The SMILES string of the molecule is CCn1cc2ncc(N[C@@H](C)c3cccc(NC(=O)c4ccc(CN5CC6(COC6)C5)c(F)c4)c3)nc2n1. The third-order valence-electron chi connectivity index (χ3n) is 7.25. The predicted octanol–water partition coefficient (Wildman–Crippen LogP) is 4.24. The van der Waals surface area contributed by atoms with Crippen molar-refractivity contribution in [3.8, 4) is 0 Å². The molecule has 1 amide bonds. The van der Waals surface area contributed by atoms with E-state index in [-0.39, 0.29) is 28.7 Å². The molecular formula is C28H30FN7O2. The fraction of sp³-hybridized carbons (Fsp3) is 0.357. The summed E-state index contributed by atoms with van der Waals surface area (Å²) in [6, 6.07) is 12.1. The van der Waals surface area contributed by atoms with Crippen LogP contribution in [0.3, 0.4) is 0 Å². The number of fused-ring (bicyclic) bond motifs is 1. The highest BCUT2D eigenvalue weighted by molar-refractivity contribution is 6.04. The minimum Gasteiger partial charge on any atom is -0.380 e. The number of carbonyl (C=O) groups is 1. The van der Waals surface area contributed by atoms with E-state index in [0.717, 1.165) is 43.9 Å². The van der Waals surface area contributed by atoms with Crippen molar-refractivity contribution in [2.24, 2.45) is 5.41 Å². The van der Waals surface area contributed by atoms with Crippen LogP contribution in [0, 0.1) is 11.2 Å². The Kier molecular flexibility index (Phi) is 6.29. The highest BCUT2D eigenvalue weighted by Gasteiger charge is 2.48. The fourth-order valence-corrected chi connectivity index (χ4v) is 5.12. The number of aryl methyl sites for hydroxylation is 1. The van der Waals surface area contributed by atoms with Crippen LogP contribution in [-0.4, -0.2) is 56.9 Å². The van der Waals surface area contributed by atoms with Gasteiger partial charge in [0.2, 0.25) is 5.65 Å². The Bertz CT molecular complexity index is 1490. The molecule has 6 rings (SSSR count). The summed E-state index contributed by atoms with van der Waals surface area (Å²) in [4.78, 5) is 24.1. The molecule has 2 N–H and O–H groups in total. The zero-order valence-corrected chi connectivity index (χ0v) is 21.4. The smallest absolute Gasteiger partial charge is 0.255 e. The zero-order chi connectivity index (χ0) is 26.3. The number of nitrogens with zero attached hydrogens (tertiary/aromatic N) is 5. The molecule has 4 heterocycles. The quantitative estimate of drug-likeness (QED) is 0.362. The maximum Gasteiger partial charge on any atom is 0.255 e. The average Bonchev–Trinajstić information content (AvgIpc) is 3.28. The van der Waals surface area contributed by atoms with Gasteiger partial charge in [-0.1, -0.05) is 18.2 Å². The van der Waals surface area contributed by atoms with Crippen LogP contribution >= 0.6 is 0 Å². The van der Waals surface area contributed by atoms with Gasteiger partial charge >= 0.3 is 0 Å². The van der Waals surface area contributed by atoms with Crippen molar-refractivity contribution in [1.29, 1.82) is 0 Å². The van der Waals surface area contributed by atoms with Crippen molar-refractivity contribution in [2.75, 3.05) is 36.9 Å². The molecule has 4 aromatic rings. The molecule has 196 valence electrons. The largest absolute Gasteiger partial charge is 0.380 e. The maximum absolute atomic E-state index is 14.8. The molecule has 2 aliphatic heterocycles. The topological polar surface area (TPSA) is 97.2 Å². The van der Waals surface area contributed by atoms with Gasteiger partial charge in [-0.3, -0.25) is 14.4 Å². The summed E-state index contributed by atoms with van der Waals surface area (Å²) in [5, 5.41) is 10.6. The summed E-state index contributed by atoms with van der Waals surface area (Å²) in [6.07, 6.45) is 3.55. The van der Waals surface area contributed by atoms with E-state index in [0.29, 0.717) is 29.3 Å². The van der Waals surface area contributed by atoms with Crippen molar-refractivity contribution in [3.63, 3.8) is 0 Å². The van der Waals surface area contributed by atoms with Gasteiger partial charge in [-0.25, -0.2) is 14.4 Å². The van der Waals surface area contributed by atoms with E-state index in [9.17, 15) is 9.18 Å². The van der Waals surface area contributed by atoms with Crippen LogP contribution in [0.1, 0.15) is 41.4 Å². The summed E-state index contributed by atoms with van der Waals surface area (Å²) >= 11 is 0. The predicted molar refractivity (Wildman–Crippen MR) is 142 cm³/mol. The van der Waals surface area contributed by atoms with Gasteiger partial charge < -0.3 is 15.4 Å². The van der Waals surface area contributed by atoms with E-state index in [4.69, 9.17) is 4.74 Å². The van der Waals surface area contributed by atoms with E-state index in [1.54, 1.807) is 23.0 Å². The molecular weight excluding hydrogens is 485 g/mol. The molecule has 1 atom stereocenters. The van der Waals surface area contributed by atoms with Crippen molar-refractivity contribution < 1.29 is 13.9 Å². The fourth-order valence-electron chi connectivity index (χ4n) is 5.12. The first-order chi connectivity index (χ1) is 18.4. The number of ether oxygens (including phenoxy) is 1. The third-order valence-corrected chi connectivity index (χ3v) is 7.25. The Morgan fingerprint density at radius 1 is 1.21 bits per heavy atom. The highest BCUT2D eigenvalue weighted by atomic mass is 19.1. The van der Waals surface area contributed by atoms with Gasteiger partial charge in [0.15, 0.2) is 0 Å². The molecule has 1 spiro atoms. The van der Waals surface area contributed by atoms with E-state index < -0.39 is 0 Å². The Morgan fingerprint density at radius 2 is 2.05 bits per heavy atom. The average molecular weight is 516 g/mol. The Balaban J connectivity index is 1.08. The molecule has 0 aliphatic carbocycles. The van der Waals surface area contributed by atoms with Gasteiger partial charge in [-0.15, -0.1) is 0 Å². The number of hydrogen-bond acceptors (Lipinski definition) is 7. The van der Waals surface area contributed by atoms with E-state index in [1.165, 1.54) is 6.07 Å². The number of rotatable bonds is 8. The Labute approximate surface area is 220 Å². The molecule has 2 saturated heterocycles. The molecule has 2 aromatic heterocycles. The normalized spacial score (nSPS) is 17.1. The van der Waals surface area contributed by atoms with Crippen LogP contribution in [0.5, 0.6) is 0 Å². The number of amides is 1. The van der Waals surface area contributed by atoms with Crippen LogP contribution in [0.25, 0.3) is 11.2 Å². The lowest BCUT2D eigenvalue weighted by Crippen LogP contribution is -2.65. The van der Waals surface area contributed by atoms with E-state index in [1.807, 2.05) is 44.3 Å². The first-order valence-electron chi connectivity index (χ1n) is 12.9. The molecule has 2 aromatic carbocycles. The molecule has 0 bridgehead atoms. The molecule has 0 radical (unpaired) electrons. The second kappa shape index (κ2) is 9.77. The number of hydrogen-bond donors (Lipinski definition) is 2. The molecule has 10 heteroatoms. The second-order valence-corrected chi connectivity index (χ2v) is 10.3. The minimum absolute atomic E-state index is 0.101. The highest BCUT2D eigenvalue weighted by Crippen LogP contribution is 2.38. The number of carbonyl (C=O) groups excluding carboxylic acids is 1. The van der Waals surface area contributed by atoms with E-state index in [2.05, 4.69) is 30.6 Å². The number of benzene rings is 2. The van der Waals surface area contributed by atoms with Gasteiger partial charge in [0.05, 0.1) is 31.6 Å². The molecule has 38 heavy (non-hydrogen) atoms. The molecule has 2 aliphatic rings. The van der Waals surface area contributed by atoms with Crippen LogP contribution in [0.2, 0.25) is 0 Å². The van der Waals surface area contributed by atoms with Crippen LogP contribution in [0.4, 0.5) is 15.9 Å². The Hall–Kier alpha value is -3.89. The lowest BCUT2D eigenvalue weighted by molar-refractivity contribution is -0.191.